The van der Waals surface area contributed by atoms with Crippen LogP contribution in [-0.2, 0) is 29.0 Å². The molecule has 0 saturated carbocycles. The van der Waals surface area contributed by atoms with Crippen molar-refractivity contribution < 1.29 is 14.0 Å². The summed E-state index contributed by atoms with van der Waals surface area (Å²) < 4.78 is 14.6. The number of nitrogens with zero attached hydrogens (tertiary/aromatic N) is 1. The van der Waals surface area contributed by atoms with Gasteiger partial charge in [-0.05, 0) is 48.7 Å². The topological polar surface area (TPSA) is 49.4 Å². The lowest BCUT2D eigenvalue weighted by molar-refractivity contribution is -0.141. The van der Waals surface area contributed by atoms with Gasteiger partial charge >= 0.3 is 0 Å². The van der Waals surface area contributed by atoms with Crippen molar-refractivity contribution in [1.82, 2.24) is 10.2 Å². The van der Waals surface area contributed by atoms with Crippen LogP contribution in [0.1, 0.15) is 37.0 Å². The van der Waals surface area contributed by atoms with E-state index in [0.717, 1.165) is 12.0 Å². The highest BCUT2D eigenvalue weighted by molar-refractivity contribution is 6.35. The minimum absolute atomic E-state index is 0.0341. The molecule has 0 aliphatic heterocycles. The second-order valence-corrected chi connectivity index (χ2v) is 9.91. The summed E-state index contributed by atoms with van der Waals surface area (Å²) in [5.74, 6) is -1.33. The lowest BCUT2D eigenvalue weighted by Gasteiger charge is -2.32. The second kappa shape index (κ2) is 13.1. The number of amides is 2. The highest BCUT2D eigenvalue weighted by Gasteiger charge is 2.32. The van der Waals surface area contributed by atoms with Crippen LogP contribution in [0, 0.1) is 5.82 Å². The summed E-state index contributed by atoms with van der Waals surface area (Å²) in [7, 11) is 0. The number of hydrogen-bond acceptors (Lipinski definition) is 2. The van der Waals surface area contributed by atoms with Gasteiger partial charge in [0.15, 0.2) is 0 Å². The maximum atomic E-state index is 14.6. The van der Waals surface area contributed by atoms with Gasteiger partial charge in [-0.25, -0.2) is 4.39 Å². The van der Waals surface area contributed by atoms with Crippen LogP contribution in [0.25, 0.3) is 0 Å². The van der Waals surface area contributed by atoms with Crippen molar-refractivity contribution >= 4 is 46.6 Å². The molecule has 0 fully saturated rings. The Kier molecular flexibility index (Phi) is 10.2. The number of rotatable bonds is 10. The maximum Gasteiger partial charge on any atom is 0.243 e. The van der Waals surface area contributed by atoms with E-state index in [4.69, 9.17) is 34.8 Å². The van der Waals surface area contributed by atoms with Crippen molar-refractivity contribution in [2.24, 2.45) is 0 Å². The molecule has 0 spiro atoms. The van der Waals surface area contributed by atoms with Gasteiger partial charge in [0.1, 0.15) is 11.9 Å². The number of carbonyl (C=O) groups excluding carboxylic acids is 2. The maximum absolute atomic E-state index is 14.6. The minimum Gasteiger partial charge on any atom is -0.352 e. The number of carbonyl (C=O) groups is 2. The molecule has 0 saturated heterocycles. The average molecular weight is 550 g/mol. The molecule has 0 unspecified atom stereocenters. The van der Waals surface area contributed by atoms with Gasteiger partial charge in [0.25, 0.3) is 0 Å². The molecule has 4 nitrogen and oxygen atoms in total. The summed E-state index contributed by atoms with van der Waals surface area (Å²) in [4.78, 5) is 28.7. The van der Waals surface area contributed by atoms with Crippen LogP contribution in [0.5, 0.6) is 0 Å². The first-order valence-electron chi connectivity index (χ1n) is 11.7. The normalized spacial score (nSPS) is 12.6. The molecule has 1 N–H and O–H groups in total. The van der Waals surface area contributed by atoms with Gasteiger partial charge < -0.3 is 10.2 Å². The Morgan fingerprint density at radius 3 is 2.33 bits per heavy atom. The van der Waals surface area contributed by atoms with Crippen LogP contribution in [0.2, 0.25) is 15.1 Å². The lowest BCUT2D eigenvalue weighted by Crippen LogP contribution is -2.52. The predicted molar refractivity (Wildman–Crippen MR) is 144 cm³/mol. The van der Waals surface area contributed by atoms with Gasteiger partial charge in [-0.3, -0.25) is 9.59 Å². The SMILES string of the molecule is CC[C@@H](C)NC(=O)[C@H](Cc1ccccc1)N(Cc1ccc(Cl)cc1Cl)C(=O)Cc1c(F)cccc1Cl. The van der Waals surface area contributed by atoms with Crippen molar-refractivity contribution in [1.29, 1.82) is 0 Å². The third-order valence-electron chi connectivity index (χ3n) is 6.02. The van der Waals surface area contributed by atoms with E-state index in [1.807, 2.05) is 44.2 Å². The monoisotopic (exact) mass is 548 g/mol. The fourth-order valence-electron chi connectivity index (χ4n) is 3.78. The quantitative estimate of drug-likeness (QED) is 0.300. The number of nitrogens with one attached hydrogen (secondary N) is 1. The van der Waals surface area contributed by atoms with Crippen molar-refractivity contribution in [2.75, 3.05) is 0 Å². The molecule has 3 aromatic carbocycles. The van der Waals surface area contributed by atoms with Crippen LogP contribution in [-0.4, -0.2) is 28.8 Å². The fourth-order valence-corrected chi connectivity index (χ4v) is 4.48. The first kappa shape index (κ1) is 28.0. The largest absolute Gasteiger partial charge is 0.352 e. The Balaban J connectivity index is 2.04. The summed E-state index contributed by atoms with van der Waals surface area (Å²) in [6.45, 7) is 3.90. The Hall–Kier alpha value is -2.60. The molecule has 0 bridgehead atoms. The van der Waals surface area contributed by atoms with Gasteiger partial charge in [-0.15, -0.1) is 0 Å². The summed E-state index contributed by atoms with van der Waals surface area (Å²) in [5, 5.41) is 3.96. The van der Waals surface area contributed by atoms with E-state index in [0.29, 0.717) is 15.6 Å². The standard InChI is InChI=1S/C28H28Cl3FN2O2/c1-3-18(2)33-28(36)26(14-19-8-5-4-6-9-19)34(17-20-12-13-21(29)15-24(20)31)27(35)16-22-23(30)10-7-11-25(22)32/h4-13,15,18,26H,3,14,16-17H2,1-2H3,(H,33,36)/t18-,26+/m1/s1. The second-order valence-electron chi connectivity index (χ2n) is 8.66. The summed E-state index contributed by atoms with van der Waals surface area (Å²) >= 11 is 18.7. The highest BCUT2D eigenvalue weighted by atomic mass is 35.5. The summed E-state index contributed by atoms with van der Waals surface area (Å²) in [5.41, 5.74) is 1.58. The molecular weight excluding hydrogens is 522 g/mol. The molecule has 0 aliphatic carbocycles. The molecule has 0 heterocycles. The first-order chi connectivity index (χ1) is 17.2. The van der Waals surface area contributed by atoms with Crippen molar-refractivity contribution in [3.63, 3.8) is 0 Å². The zero-order chi connectivity index (χ0) is 26.2. The van der Waals surface area contributed by atoms with E-state index < -0.39 is 17.8 Å². The Bertz CT molecular complexity index is 1190. The molecule has 0 aliphatic rings. The number of hydrogen-bond donors (Lipinski definition) is 1. The molecule has 3 aromatic rings. The van der Waals surface area contributed by atoms with Crippen molar-refractivity contribution in [2.45, 2.75) is 51.7 Å². The van der Waals surface area contributed by atoms with Crippen LogP contribution in [0.3, 0.4) is 0 Å². The van der Waals surface area contributed by atoms with Gasteiger partial charge in [0.2, 0.25) is 11.8 Å². The summed E-state index contributed by atoms with van der Waals surface area (Å²) in [6, 6.07) is 17.7. The van der Waals surface area contributed by atoms with Crippen molar-refractivity contribution in [3.05, 3.63) is 104 Å². The van der Waals surface area contributed by atoms with E-state index in [9.17, 15) is 14.0 Å². The van der Waals surface area contributed by atoms with Gasteiger partial charge in [0, 0.05) is 39.6 Å². The van der Waals surface area contributed by atoms with Gasteiger partial charge in [0.05, 0.1) is 6.42 Å². The Morgan fingerprint density at radius 2 is 1.69 bits per heavy atom. The molecule has 0 aromatic heterocycles. The minimum atomic E-state index is -0.869. The first-order valence-corrected chi connectivity index (χ1v) is 12.8. The van der Waals surface area contributed by atoms with E-state index in [2.05, 4.69) is 5.32 Å². The van der Waals surface area contributed by atoms with Gasteiger partial charge in [-0.2, -0.15) is 0 Å². The van der Waals surface area contributed by atoms with Crippen LogP contribution < -0.4 is 5.32 Å². The lowest BCUT2D eigenvalue weighted by atomic mass is 10.0. The van der Waals surface area contributed by atoms with E-state index >= 15 is 0 Å². The number of halogens is 4. The van der Waals surface area contributed by atoms with E-state index in [1.54, 1.807) is 18.2 Å². The molecule has 36 heavy (non-hydrogen) atoms. The third kappa shape index (κ3) is 7.45. The molecule has 8 heteroatoms. The smallest absolute Gasteiger partial charge is 0.243 e. The summed E-state index contributed by atoms with van der Waals surface area (Å²) in [6.07, 6.45) is 0.690. The third-order valence-corrected chi connectivity index (χ3v) is 6.96. The molecule has 0 radical (unpaired) electrons. The molecular formula is C28H28Cl3FN2O2. The molecule has 190 valence electrons. The van der Waals surface area contributed by atoms with E-state index in [1.165, 1.54) is 23.1 Å². The van der Waals surface area contributed by atoms with Crippen LogP contribution in [0.4, 0.5) is 4.39 Å². The average Bonchev–Trinajstić information content (AvgIpc) is 2.85. The number of benzene rings is 3. The Morgan fingerprint density at radius 1 is 0.972 bits per heavy atom. The van der Waals surface area contributed by atoms with E-state index in [-0.39, 0.29) is 41.9 Å². The molecule has 3 rings (SSSR count). The van der Waals surface area contributed by atoms with Gasteiger partial charge in [-0.1, -0.05) is 84.2 Å². The zero-order valence-electron chi connectivity index (χ0n) is 20.1. The fraction of sp³-hybridized carbons (Fsp3) is 0.286. The highest BCUT2D eigenvalue weighted by Crippen LogP contribution is 2.26. The predicted octanol–water partition coefficient (Wildman–Crippen LogP) is 6.88. The van der Waals surface area contributed by atoms with Crippen LogP contribution >= 0.6 is 34.8 Å². The Labute approximate surface area is 226 Å². The molecule has 2 atom stereocenters. The zero-order valence-corrected chi connectivity index (χ0v) is 22.4. The van der Waals surface area contributed by atoms with Crippen molar-refractivity contribution in [3.8, 4) is 0 Å². The van der Waals surface area contributed by atoms with Crippen LogP contribution in [0.15, 0.2) is 66.7 Å². The molecule has 2 amide bonds.